The minimum atomic E-state index is -3.60. The molecule has 1 fully saturated rings. The Bertz CT molecular complexity index is 964. The summed E-state index contributed by atoms with van der Waals surface area (Å²) in [7, 11) is -3.60. The van der Waals surface area contributed by atoms with Crippen LogP contribution in [-0.4, -0.2) is 49.8 Å². The van der Waals surface area contributed by atoms with Crippen molar-refractivity contribution in [1.29, 1.82) is 0 Å². The van der Waals surface area contributed by atoms with Crippen LogP contribution in [0.15, 0.2) is 51.8 Å². The Morgan fingerprint density at radius 3 is 2.41 bits per heavy atom. The van der Waals surface area contributed by atoms with Crippen LogP contribution in [0.25, 0.3) is 0 Å². The Balaban J connectivity index is 1.64. The van der Waals surface area contributed by atoms with E-state index in [1.807, 2.05) is 0 Å². The molecule has 1 aliphatic rings. The minimum absolute atomic E-state index is 0.214. The number of nitrogens with one attached hydrogen (secondary N) is 1. The molecule has 10 heteroatoms. The summed E-state index contributed by atoms with van der Waals surface area (Å²) in [5.41, 5.74) is 0.415. The summed E-state index contributed by atoms with van der Waals surface area (Å²) in [4.78, 5) is 14.2. The molecule has 144 valence electrons. The third-order valence-corrected chi connectivity index (χ3v) is 7.08. The molecular weight excluding hydrogens is 477 g/mol. The van der Waals surface area contributed by atoms with E-state index in [0.717, 1.165) is 0 Å². The standard InChI is InChI=1S/C17H16BrCl2N3O3S/c18-12-2-1-3-14(10-12)27(25,26)23-8-6-22(7-9-23)17(24)21-16-11-13(19)4-5-15(16)20/h1-5,10-11H,6-9H2,(H,21,24). The van der Waals surface area contributed by atoms with Gasteiger partial charge in [0.05, 0.1) is 15.6 Å². The van der Waals surface area contributed by atoms with Gasteiger partial charge in [0.1, 0.15) is 0 Å². The molecule has 27 heavy (non-hydrogen) atoms. The highest BCUT2D eigenvalue weighted by atomic mass is 79.9. The van der Waals surface area contributed by atoms with Crippen molar-refractivity contribution in [3.63, 3.8) is 0 Å². The summed E-state index contributed by atoms with van der Waals surface area (Å²) >= 11 is 15.3. The number of carbonyl (C=O) groups excluding carboxylic acids is 1. The van der Waals surface area contributed by atoms with Gasteiger partial charge < -0.3 is 10.2 Å². The maximum atomic E-state index is 12.7. The molecule has 0 bridgehead atoms. The van der Waals surface area contributed by atoms with Crippen LogP contribution in [0.3, 0.4) is 0 Å². The van der Waals surface area contributed by atoms with E-state index in [2.05, 4.69) is 21.2 Å². The molecular formula is C17H16BrCl2N3O3S. The highest BCUT2D eigenvalue weighted by Crippen LogP contribution is 2.26. The molecule has 2 aromatic rings. The van der Waals surface area contributed by atoms with E-state index < -0.39 is 10.0 Å². The number of nitrogens with zero attached hydrogens (tertiary/aromatic N) is 2. The number of piperazine rings is 1. The second-order valence-corrected chi connectivity index (χ2v) is 9.60. The quantitative estimate of drug-likeness (QED) is 0.694. The zero-order valence-electron chi connectivity index (χ0n) is 14.0. The second kappa shape index (κ2) is 8.36. The van der Waals surface area contributed by atoms with Crippen LogP contribution in [0.2, 0.25) is 10.0 Å². The number of halogens is 3. The van der Waals surface area contributed by atoms with Gasteiger partial charge in [-0.15, -0.1) is 0 Å². The molecule has 6 nitrogen and oxygen atoms in total. The topological polar surface area (TPSA) is 69.7 Å². The summed E-state index contributed by atoms with van der Waals surface area (Å²) in [6.07, 6.45) is 0. The van der Waals surface area contributed by atoms with Gasteiger partial charge in [0.15, 0.2) is 0 Å². The Hall–Kier alpha value is -1.32. The van der Waals surface area contributed by atoms with E-state index in [0.29, 0.717) is 20.2 Å². The van der Waals surface area contributed by atoms with Crippen LogP contribution in [0.4, 0.5) is 10.5 Å². The minimum Gasteiger partial charge on any atom is -0.322 e. The van der Waals surface area contributed by atoms with Gasteiger partial charge in [0, 0.05) is 35.7 Å². The fourth-order valence-electron chi connectivity index (χ4n) is 2.70. The summed E-state index contributed by atoms with van der Waals surface area (Å²) in [5.74, 6) is 0. The number of sulfonamides is 1. The van der Waals surface area contributed by atoms with Crippen LogP contribution in [0.1, 0.15) is 0 Å². The molecule has 2 aromatic carbocycles. The monoisotopic (exact) mass is 491 g/mol. The normalized spacial score (nSPS) is 15.6. The first-order valence-corrected chi connectivity index (χ1v) is 11.0. The molecule has 0 unspecified atom stereocenters. The lowest BCUT2D eigenvalue weighted by Crippen LogP contribution is -2.51. The zero-order chi connectivity index (χ0) is 19.6. The summed E-state index contributed by atoms with van der Waals surface area (Å²) < 4.78 is 27.6. The lowest BCUT2D eigenvalue weighted by atomic mass is 10.3. The van der Waals surface area contributed by atoms with E-state index in [1.165, 1.54) is 4.31 Å². The highest BCUT2D eigenvalue weighted by molar-refractivity contribution is 9.10. The fraction of sp³-hybridized carbons (Fsp3) is 0.235. The van der Waals surface area contributed by atoms with Crippen molar-refractivity contribution in [2.24, 2.45) is 0 Å². The van der Waals surface area contributed by atoms with Crippen molar-refractivity contribution in [2.75, 3.05) is 31.5 Å². The van der Waals surface area contributed by atoms with Crippen molar-refractivity contribution >= 4 is 60.9 Å². The summed E-state index contributed by atoms with van der Waals surface area (Å²) in [5, 5.41) is 3.55. The lowest BCUT2D eigenvalue weighted by Gasteiger charge is -2.34. The van der Waals surface area contributed by atoms with Crippen molar-refractivity contribution in [3.05, 3.63) is 57.0 Å². The summed E-state index contributed by atoms with van der Waals surface area (Å²) in [6, 6.07) is 11.0. The van der Waals surface area contributed by atoms with Crippen molar-refractivity contribution in [3.8, 4) is 0 Å². The Morgan fingerprint density at radius 2 is 1.74 bits per heavy atom. The van der Waals surface area contributed by atoms with Crippen molar-refractivity contribution in [2.45, 2.75) is 4.90 Å². The molecule has 1 heterocycles. The predicted octanol–water partition coefficient (Wildman–Crippen LogP) is 4.29. The van der Waals surface area contributed by atoms with Crippen LogP contribution in [0.5, 0.6) is 0 Å². The molecule has 3 rings (SSSR count). The third-order valence-electron chi connectivity index (χ3n) is 4.13. The first kappa shape index (κ1) is 20.4. The molecule has 0 radical (unpaired) electrons. The highest BCUT2D eigenvalue weighted by Gasteiger charge is 2.30. The summed E-state index contributed by atoms with van der Waals surface area (Å²) in [6.45, 7) is 0.978. The number of amides is 2. The molecule has 1 aliphatic heterocycles. The smallest absolute Gasteiger partial charge is 0.321 e. The number of urea groups is 1. The SMILES string of the molecule is O=C(Nc1cc(Cl)ccc1Cl)N1CCN(S(=O)(=O)c2cccc(Br)c2)CC1. The Morgan fingerprint density at radius 1 is 1.04 bits per heavy atom. The van der Waals surface area contributed by atoms with Crippen molar-refractivity contribution in [1.82, 2.24) is 9.21 Å². The van der Waals surface area contributed by atoms with Crippen LogP contribution >= 0.6 is 39.1 Å². The first-order chi connectivity index (χ1) is 12.8. The average Bonchev–Trinajstić information content (AvgIpc) is 2.65. The maximum absolute atomic E-state index is 12.7. The van der Waals surface area contributed by atoms with Crippen LogP contribution < -0.4 is 5.32 Å². The van der Waals surface area contributed by atoms with Gasteiger partial charge in [-0.2, -0.15) is 4.31 Å². The number of rotatable bonds is 3. The van der Waals surface area contributed by atoms with E-state index in [-0.39, 0.29) is 37.1 Å². The van der Waals surface area contributed by atoms with Gasteiger partial charge in [-0.1, -0.05) is 45.2 Å². The first-order valence-electron chi connectivity index (χ1n) is 8.04. The number of anilines is 1. The largest absolute Gasteiger partial charge is 0.322 e. The number of hydrogen-bond acceptors (Lipinski definition) is 3. The van der Waals surface area contributed by atoms with E-state index >= 15 is 0 Å². The van der Waals surface area contributed by atoms with E-state index in [1.54, 1.807) is 47.4 Å². The number of hydrogen-bond donors (Lipinski definition) is 1. The Labute approximate surface area is 176 Å². The van der Waals surface area contributed by atoms with Gasteiger partial charge >= 0.3 is 6.03 Å². The molecule has 0 aromatic heterocycles. The molecule has 0 spiro atoms. The average molecular weight is 493 g/mol. The van der Waals surface area contributed by atoms with Gasteiger partial charge in [-0.05, 0) is 36.4 Å². The predicted molar refractivity (Wildman–Crippen MR) is 110 cm³/mol. The van der Waals surface area contributed by atoms with Crippen LogP contribution in [0, 0.1) is 0 Å². The van der Waals surface area contributed by atoms with Gasteiger partial charge in [0.25, 0.3) is 0 Å². The molecule has 1 saturated heterocycles. The lowest BCUT2D eigenvalue weighted by molar-refractivity contribution is 0.184. The maximum Gasteiger partial charge on any atom is 0.321 e. The fourth-order valence-corrected chi connectivity index (χ4v) is 5.05. The molecule has 1 N–H and O–H groups in total. The second-order valence-electron chi connectivity index (χ2n) is 5.90. The molecule has 0 atom stereocenters. The Kier molecular flexibility index (Phi) is 6.32. The molecule has 0 aliphatic carbocycles. The zero-order valence-corrected chi connectivity index (χ0v) is 17.9. The van der Waals surface area contributed by atoms with Gasteiger partial charge in [-0.3, -0.25) is 0 Å². The molecule has 0 saturated carbocycles. The van der Waals surface area contributed by atoms with E-state index in [9.17, 15) is 13.2 Å². The van der Waals surface area contributed by atoms with Crippen molar-refractivity contribution < 1.29 is 13.2 Å². The molecule has 2 amide bonds. The number of benzene rings is 2. The van der Waals surface area contributed by atoms with E-state index in [4.69, 9.17) is 23.2 Å². The van der Waals surface area contributed by atoms with Gasteiger partial charge in [0.2, 0.25) is 10.0 Å². The third kappa shape index (κ3) is 4.75. The van der Waals surface area contributed by atoms with Crippen LogP contribution in [-0.2, 0) is 10.0 Å². The number of carbonyl (C=O) groups is 1. The van der Waals surface area contributed by atoms with Gasteiger partial charge in [-0.25, -0.2) is 13.2 Å².